The van der Waals surface area contributed by atoms with Crippen molar-refractivity contribution in [1.82, 2.24) is 29.6 Å². The van der Waals surface area contributed by atoms with Crippen LogP contribution in [0, 0.1) is 6.92 Å². The van der Waals surface area contributed by atoms with Crippen LogP contribution in [-0.4, -0.2) is 61.9 Å². The lowest BCUT2D eigenvalue weighted by atomic mass is 10.2. The molecule has 3 aromatic heterocycles. The average molecular weight is 575 g/mol. The van der Waals surface area contributed by atoms with Crippen LogP contribution < -0.4 is 5.32 Å². The molecule has 1 aromatic carbocycles. The molecular weight excluding hydrogens is 553 g/mol. The fraction of sp³-hybridized carbons (Fsp3) is 0.240. The summed E-state index contributed by atoms with van der Waals surface area (Å²) < 4.78 is 46.0. The third-order valence-corrected chi connectivity index (χ3v) is 5.62. The van der Waals surface area contributed by atoms with Crippen molar-refractivity contribution in [2.45, 2.75) is 26.1 Å². The van der Waals surface area contributed by atoms with Gasteiger partial charge in [0.2, 0.25) is 6.10 Å². The van der Waals surface area contributed by atoms with E-state index in [0.717, 1.165) is 25.1 Å². The number of ether oxygens (including phenoxy) is 1. The molecule has 11 nitrogen and oxygen atoms in total. The van der Waals surface area contributed by atoms with Gasteiger partial charge in [-0.15, -0.1) is 0 Å². The predicted octanol–water partition coefficient (Wildman–Crippen LogP) is 4.66. The standard InChI is InChI=1S/C25H22ClF3N8O3/c1-13-20-21(23(31-11-30-20)32-12-36(3)4)37(35-13)18-9-8-15(10-16(18)26)33-24(39)22(40-14(2)38)17-6-5-7-19(34-17)25(27,28)29/h5-12,22H,1-4H3,(H,33,39)/b32-12+. The fourth-order valence-electron chi connectivity index (χ4n) is 3.65. The van der Waals surface area contributed by atoms with Crippen molar-refractivity contribution in [1.29, 1.82) is 0 Å². The number of fused-ring (bicyclic) bond motifs is 1. The molecule has 0 aliphatic rings. The van der Waals surface area contributed by atoms with Crippen LogP contribution in [0.15, 0.2) is 47.7 Å². The zero-order valence-electron chi connectivity index (χ0n) is 21.6. The summed E-state index contributed by atoms with van der Waals surface area (Å²) in [6.45, 7) is 2.79. The third-order valence-electron chi connectivity index (χ3n) is 5.31. The Hall–Kier alpha value is -4.59. The van der Waals surface area contributed by atoms with Crippen LogP contribution in [0.4, 0.5) is 24.7 Å². The minimum absolute atomic E-state index is 0.162. The Balaban J connectivity index is 1.67. The number of nitrogens with one attached hydrogen (secondary N) is 1. The number of alkyl halides is 3. The fourth-order valence-corrected chi connectivity index (χ4v) is 3.91. The van der Waals surface area contributed by atoms with Crippen LogP contribution in [-0.2, 0) is 20.5 Å². The van der Waals surface area contributed by atoms with E-state index in [-0.39, 0.29) is 10.7 Å². The molecule has 1 amide bonds. The monoisotopic (exact) mass is 574 g/mol. The van der Waals surface area contributed by atoms with Gasteiger partial charge in [-0.05, 0) is 37.3 Å². The maximum absolute atomic E-state index is 13.2. The highest BCUT2D eigenvalue weighted by Crippen LogP contribution is 2.32. The molecule has 0 aliphatic heterocycles. The molecule has 208 valence electrons. The molecule has 4 rings (SSSR count). The van der Waals surface area contributed by atoms with Crippen molar-refractivity contribution in [3.63, 3.8) is 0 Å². The Labute approximate surface area is 230 Å². The number of hydrogen-bond donors (Lipinski definition) is 1. The van der Waals surface area contributed by atoms with Crippen LogP contribution in [0.1, 0.15) is 30.1 Å². The molecule has 4 aromatic rings. The van der Waals surface area contributed by atoms with Crippen LogP contribution in [0.3, 0.4) is 0 Å². The predicted molar refractivity (Wildman–Crippen MR) is 141 cm³/mol. The maximum Gasteiger partial charge on any atom is 0.433 e. The number of carbonyl (C=O) groups excluding carboxylic acids is 2. The minimum Gasteiger partial charge on any atom is -0.446 e. The molecule has 0 saturated heterocycles. The first-order chi connectivity index (χ1) is 18.8. The molecular formula is C25H22ClF3N8O3. The van der Waals surface area contributed by atoms with Crippen LogP contribution >= 0.6 is 11.6 Å². The van der Waals surface area contributed by atoms with E-state index < -0.39 is 35.5 Å². The molecule has 3 heterocycles. The second-order valence-electron chi connectivity index (χ2n) is 8.69. The quantitative estimate of drug-likeness (QED) is 0.192. The Morgan fingerprint density at radius 2 is 1.95 bits per heavy atom. The van der Waals surface area contributed by atoms with Crippen molar-refractivity contribution in [2.75, 3.05) is 19.4 Å². The van der Waals surface area contributed by atoms with Gasteiger partial charge in [0.25, 0.3) is 5.91 Å². The molecule has 0 bridgehead atoms. The van der Waals surface area contributed by atoms with Crippen molar-refractivity contribution < 1.29 is 27.5 Å². The number of rotatable bonds is 7. The number of nitrogens with zero attached hydrogens (tertiary/aromatic N) is 7. The van der Waals surface area contributed by atoms with Gasteiger partial charge in [0.1, 0.15) is 23.1 Å². The maximum atomic E-state index is 13.2. The third kappa shape index (κ3) is 6.17. The molecule has 1 unspecified atom stereocenters. The summed E-state index contributed by atoms with van der Waals surface area (Å²) >= 11 is 6.57. The smallest absolute Gasteiger partial charge is 0.433 e. The average Bonchev–Trinajstić information content (AvgIpc) is 3.22. The van der Waals surface area contributed by atoms with E-state index in [1.54, 1.807) is 24.2 Å². The number of hydrogen-bond acceptors (Lipinski definition) is 8. The van der Waals surface area contributed by atoms with E-state index in [0.29, 0.717) is 28.2 Å². The number of anilines is 1. The first-order valence-corrected chi connectivity index (χ1v) is 12.0. The van der Waals surface area contributed by atoms with Gasteiger partial charge in [0.15, 0.2) is 5.82 Å². The van der Waals surface area contributed by atoms with E-state index >= 15 is 0 Å². The van der Waals surface area contributed by atoms with E-state index in [1.165, 1.54) is 23.1 Å². The number of esters is 1. The second kappa shape index (κ2) is 11.3. The van der Waals surface area contributed by atoms with Crippen molar-refractivity contribution in [2.24, 2.45) is 4.99 Å². The Bertz CT molecular complexity index is 1620. The first-order valence-electron chi connectivity index (χ1n) is 11.6. The Kier molecular flexibility index (Phi) is 8.00. The SMILES string of the molecule is CC(=O)OC(C(=O)Nc1ccc(-n2nc(C)c3ncnc(/N=C/N(C)C)c32)c(Cl)c1)c1cccc(C(F)(F)F)n1. The number of carbonyl (C=O) groups is 2. The van der Waals surface area contributed by atoms with E-state index in [9.17, 15) is 22.8 Å². The summed E-state index contributed by atoms with van der Waals surface area (Å²) in [5.74, 6) is -1.46. The normalized spacial score (nSPS) is 12.5. The molecule has 0 saturated carbocycles. The largest absolute Gasteiger partial charge is 0.446 e. The highest BCUT2D eigenvalue weighted by atomic mass is 35.5. The molecule has 1 N–H and O–H groups in total. The van der Waals surface area contributed by atoms with Gasteiger partial charge in [0, 0.05) is 26.7 Å². The number of amides is 1. The van der Waals surface area contributed by atoms with E-state index in [1.807, 2.05) is 14.1 Å². The van der Waals surface area contributed by atoms with Gasteiger partial charge in [-0.3, -0.25) is 9.59 Å². The van der Waals surface area contributed by atoms with E-state index in [2.05, 4.69) is 30.4 Å². The lowest BCUT2D eigenvalue weighted by molar-refractivity contribution is -0.153. The minimum atomic E-state index is -4.76. The van der Waals surface area contributed by atoms with Crippen molar-refractivity contribution in [3.8, 4) is 5.69 Å². The highest BCUT2D eigenvalue weighted by Gasteiger charge is 2.34. The molecule has 0 spiro atoms. The van der Waals surface area contributed by atoms with Gasteiger partial charge in [0.05, 0.1) is 28.4 Å². The highest BCUT2D eigenvalue weighted by molar-refractivity contribution is 6.32. The lowest BCUT2D eigenvalue weighted by Gasteiger charge is -2.18. The van der Waals surface area contributed by atoms with E-state index in [4.69, 9.17) is 16.3 Å². The molecule has 15 heteroatoms. The van der Waals surface area contributed by atoms with Crippen LogP contribution in [0.25, 0.3) is 16.7 Å². The molecule has 1 atom stereocenters. The zero-order valence-corrected chi connectivity index (χ0v) is 22.3. The van der Waals surface area contributed by atoms with Crippen molar-refractivity contribution in [3.05, 3.63) is 64.8 Å². The molecule has 0 fully saturated rings. The summed E-state index contributed by atoms with van der Waals surface area (Å²) in [7, 11) is 3.62. The van der Waals surface area contributed by atoms with Gasteiger partial charge in [-0.1, -0.05) is 17.7 Å². The van der Waals surface area contributed by atoms with Crippen molar-refractivity contribution >= 4 is 52.4 Å². The van der Waals surface area contributed by atoms with Gasteiger partial charge >= 0.3 is 12.1 Å². The first kappa shape index (κ1) is 28.4. The molecule has 40 heavy (non-hydrogen) atoms. The second-order valence-corrected chi connectivity index (χ2v) is 9.10. The summed E-state index contributed by atoms with van der Waals surface area (Å²) in [4.78, 5) is 42.8. The number of aryl methyl sites for hydroxylation is 1. The topological polar surface area (TPSA) is 127 Å². The summed E-state index contributed by atoms with van der Waals surface area (Å²) in [5, 5.41) is 7.19. The number of halogens is 4. The number of benzene rings is 1. The number of aliphatic imine (C=N–C) groups is 1. The molecule has 0 radical (unpaired) electrons. The summed E-state index contributed by atoms with van der Waals surface area (Å²) in [6.07, 6.45) is -3.55. The van der Waals surface area contributed by atoms with Gasteiger partial charge < -0.3 is 15.0 Å². The summed E-state index contributed by atoms with van der Waals surface area (Å²) in [5.41, 5.74) is 0.638. The van der Waals surface area contributed by atoms with Gasteiger partial charge in [-0.2, -0.15) is 18.3 Å². The Morgan fingerprint density at radius 3 is 2.60 bits per heavy atom. The number of pyridine rings is 1. The lowest BCUT2D eigenvalue weighted by Crippen LogP contribution is -2.26. The van der Waals surface area contributed by atoms with Gasteiger partial charge in [-0.25, -0.2) is 24.6 Å². The molecule has 0 aliphatic carbocycles. The summed E-state index contributed by atoms with van der Waals surface area (Å²) in [6, 6.07) is 7.44. The number of aromatic nitrogens is 5. The van der Waals surface area contributed by atoms with Crippen LogP contribution in [0.2, 0.25) is 5.02 Å². The zero-order chi connectivity index (χ0) is 29.2. The Morgan fingerprint density at radius 1 is 1.20 bits per heavy atom. The van der Waals surface area contributed by atoms with Crippen LogP contribution in [0.5, 0.6) is 0 Å².